The van der Waals surface area contributed by atoms with E-state index < -0.39 is 6.10 Å². The number of nitrogens with one attached hydrogen (secondary N) is 1. The zero-order valence-corrected chi connectivity index (χ0v) is 21.2. The lowest BCUT2D eigenvalue weighted by Crippen LogP contribution is -2.42. The molecular weight excluding hydrogens is 460 g/mol. The number of pyridine rings is 1. The maximum atomic E-state index is 12.6. The predicted molar refractivity (Wildman–Crippen MR) is 137 cm³/mol. The van der Waals surface area contributed by atoms with Gasteiger partial charge in [0.1, 0.15) is 6.10 Å². The first kappa shape index (κ1) is 27.4. The quantitative estimate of drug-likeness (QED) is 0.435. The normalized spacial score (nSPS) is 15.0. The van der Waals surface area contributed by atoms with Crippen LogP contribution in [0.2, 0.25) is 0 Å². The first-order valence-corrected chi connectivity index (χ1v) is 12.6. The van der Waals surface area contributed by atoms with Crippen LogP contribution in [0.5, 0.6) is 5.88 Å². The van der Waals surface area contributed by atoms with Gasteiger partial charge in [-0.1, -0.05) is 38.1 Å². The molecule has 2 aromatic rings. The lowest BCUT2D eigenvalue weighted by atomic mass is 10.0. The lowest BCUT2D eigenvalue weighted by Gasteiger charge is -2.31. The number of ether oxygens (including phenoxy) is 2. The van der Waals surface area contributed by atoms with Crippen LogP contribution >= 0.6 is 0 Å². The molecule has 36 heavy (non-hydrogen) atoms. The highest BCUT2D eigenvalue weighted by atomic mass is 16.6. The maximum Gasteiger partial charge on any atom is 0.409 e. The molecular formula is C27H38N4O5. The van der Waals surface area contributed by atoms with Crippen LogP contribution in [0.3, 0.4) is 0 Å². The van der Waals surface area contributed by atoms with Crippen molar-refractivity contribution in [2.75, 3.05) is 26.2 Å². The zero-order chi connectivity index (χ0) is 25.9. The van der Waals surface area contributed by atoms with E-state index in [2.05, 4.69) is 10.3 Å². The van der Waals surface area contributed by atoms with Gasteiger partial charge in [0.15, 0.2) is 0 Å². The van der Waals surface area contributed by atoms with Crippen molar-refractivity contribution < 1.29 is 24.2 Å². The van der Waals surface area contributed by atoms with Gasteiger partial charge in [-0.2, -0.15) is 0 Å². The highest BCUT2D eigenvalue weighted by Gasteiger charge is 2.25. The number of hydrogen-bond acceptors (Lipinski definition) is 7. The average molecular weight is 499 g/mol. The van der Waals surface area contributed by atoms with Crippen molar-refractivity contribution in [3.05, 3.63) is 59.3 Å². The van der Waals surface area contributed by atoms with E-state index in [0.717, 1.165) is 11.1 Å². The van der Waals surface area contributed by atoms with Gasteiger partial charge < -0.3 is 30.5 Å². The molecule has 1 aliphatic rings. The third-order valence-corrected chi connectivity index (χ3v) is 6.11. The van der Waals surface area contributed by atoms with Gasteiger partial charge in [-0.05, 0) is 36.0 Å². The summed E-state index contributed by atoms with van der Waals surface area (Å²) in [7, 11) is 0. The minimum absolute atomic E-state index is 0.0943. The molecule has 3 rings (SSSR count). The first-order valence-electron chi connectivity index (χ1n) is 12.6. The molecule has 196 valence electrons. The summed E-state index contributed by atoms with van der Waals surface area (Å²) >= 11 is 0. The number of likely N-dealkylation sites (tertiary alicyclic amines) is 1. The van der Waals surface area contributed by atoms with Crippen molar-refractivity contribution in [3.8, 4) is 5.88 Å². The van der Waals surface area contributed by atoms with Crippen molar-refractivity contribution >= 4 is 12.0 Å². The number of carbonyl (C=O) groups excluding carboxylic acids is 2. The molecule has 1 atom stereocenters. The van der Waals surface area contributed by atoms with Gasteiger partial charge in [0.05, 0.1) is 12.7 Å². The van der Waals surface area contributed by atoms with Crippen LogP contribution in [0.1, 0.15) is 54.6 Å². The van der Waals surface area contributed by atoms with Crippen LogP contribution in [0.4, 0.5) is 4.79 Å². The van der Waals surface area contributed by atoms with E-state index in [1.807, 2.05) is 38.1 Å². The number of benzene rings is 1. The largest absolute Gasteiger partial charge is 0.474 e. The number of aliphatic hydroxyl groups excluding tert-OH is 1. The Balaban J connectivity index is 1.42. The molecule has 1 aromatic carbocycles. The minimum Gasteiger partial charge on any atom is -0.474 e. The van der Waals surface area contributed by atoms with Crippen LogP contribution in [0.15, 0.2) is 42.6 Å². The number of nitrogens with zero attached hydrogens (tertiary/aromatic N) is 2. The van der Waals surface area contributed by atoms with E-state index in [-0.39, 0.29) is 24.6 Å². The third-order valence-electron chi connectivity index (χ3n) is 6.11. The number of amides is 2. The number of aryl methyl sites for hydroxylation is 1. The molecule has 0 unspecified atom stereocenters. The standard InChI is InChI=1S/C27H38N4O5/c1-19(2)18-35-27(34)31-13-10-24(11-14-31)36-25-15-21(9-12-29-25)26(33)30-17-23(32)8-7-20-5-3-4-6-22(20)16-28/h3-6,9,12,15,19,23-24,32H,7-8,10-11,13-14,16-18,28H2,1-2H3,(H,30,33)/t23-/m0/s1. The van der Waals surface area contributed by atoms with Gasteiger partial charge >= 0.3 is 6.09 Å². The summed E-state index contributed by atoms with van der Waals surface area (Å²) in [6.07, 6.45) is 3.01. The van der Waals surface area contributed by atoms with Gasteiger partial charge in [-0.3, -0.25) is 4.79 Å². The molecule has 1 aliphatic heterocycles. The Hall–Kier alpha value is -3.17. The molecule has 9 heteroatoms. The van der Waals surface area contributed by atoms with Crippen molar-refractivity contribution in [2.24, 2.45) is 11.7 Å². The Morgan fingerprint density at radius 1 is 1.19 bits per heavy atom. The second kappa shape index (κ2) is 13.8. The van der Waals surface area contributed by atoms with Gasteiger partial charge in [-0.25, -0.2) is 9.78 Å². The summed E-state index contributed by atoms with van der Waals surface area (Å²) in [5.41, 5.74) is 8.36. The fourth-order valence-electron chi connectivity index (χ4n) is 4.01. The van der Waals surface area contributed by atoms with Crippen molar-refractivity contribution in [1.82, 2.24) is 15.2 Å². The highest BCUT2D eigenvalue weighted by Crippen LogP contribution is 2.19. The Bertz CT molecular complexity index is 992. The van der Waals surface area contributed by atoms with Gasteiger partial charge in [0.25, 0.3) is 5.91 Å². The smallest absolute Gasteiger partial charge is 0.409 e. The van der Waals surface area contributed by atoms with Crippen LogP contribution < -0.4 is 15.8 Å². The minimum atomic E-state index is -0.672. The van der Waals surface area contributed by atoms with E-state index in [0.29, 0.717) is 69.3 Å². The Morgan fingerprint density at radius 2 is 1.92 bits per heavy atom. The van der Waals surface area contributed by atoms with Crippen molar-refractivity contribution in [2.45, 2.75) is 58.3 Å². The van der Waals surface area contributed by atoms with Crippen LogP contribution in [-0.4, -0.2) is 65.4 Å². The summed E-state index contributed by atoms with van der Waals surface area (Å²) in [6.45, 7) is 6.12. The van der Waals surface area contributed by atoms with Gasteiger partial charge in [0, 0.05) is 56.8 Å². The molecule has 4 N–H and O–H groups in total. The van der Waals surface area contributed by atoms with Gasteiger partial charge in [-0.15, -0.1) is 0 Å². The van der Waals surface area contributed by atoms with Gasteiger partial charge in [0.2, 0.25) is 5.88 Å². The molecule has 1 aromatic heterocycles. The van der Waals surface area contributed by atoms with E-state index in [9.17, 15) is 14.7 Å². The molecule has 0 bridgehead atoms. The molecule has 0 radical (unpaired) electrons. The highest BCUT2D eigenvalue weighted by molar-refractivity contribution is 5.94. The lowest BCUT2D eigenvalue weighted by molar-refractivity contribution is 0.0605. The Kier molecular flexibility index (Phi) is 10.5. The molecule has 9 nitrogen and oxygen atoms in total. The number of aromatic nitrogens is 1. The summed E-state index contributed by atoms with van der Waals surface area (Å²) in [5.74, 6) is 0.362. The number of aliphatic hydroxyl groups is 1. The van der Waals surface area contributed by atoms with E-state index in [4.69, 9.17) is 15.2 Å². The Morgan fingerprint density at radius 3 is 2.61 bits per heavy atom. The average Bonchev–Trinajstić information content (AvgIpc) is 2.89. The van der Waals surface area contributed by atoms with E-state index in [1.54, 1.807) is 17.0 Å². The van der Waals surface area contributed by atoms with Crippen LogP contribution in [-0.2, 0) is 17.7 Å². The Labute approximate surface area is 213 Å². The third kappa shape index (κ3) is 8.49. The first-order chi connectivity index (χ1) is 17.4. The van der Waals surface area contributed by atoms with Crippen LogP contribution in [0.25, 0.3) is 0 Å². The second-order valence-electron chi connectivity index (χ2n) is 9.53. The SMILES string of the molecule is CC(C)COC(=O)N1CCC(Oc2cc(C(=O)NC[C@@H](O)CCc3ccccc3CN)ccn2)CC1. The van der Waals surface area contributed by atoms with Crippen molar-refractivity contribution in [3.63, 3.8) is 0 Å². The molecule has 0 aliphatic carbocycles. The molecule has 0 saturated carbocycles. The maximum absolute atomic E-state index is 12.6. The topological polar surface area (TPSA) is 127 Å². The fourth-order valence-corrected chi connectivity index (χ4v) is 4.01. The zero-order valence-electron chi connectivity index (χ0n) is 21.2. The predicted octanol–water partition coefficient (Wildman–Crippen LogP) is 2.90. The van der Waals surface area contributed by atoms with Crippen molar-refractivity contribution in [1.29, 1.82) is 0 Å². The summed E-state index contributed by atoms with van der Waals surface area (Å²) in [4.78, 5) is 30.7. The molecule has 2 amide bonds. The molecule has 2 heterocycles. The number of hydrogen-bond donors (Lipinski definition) is 3. The summed E-state index contributed by atoms with van der Waals surface area (Å²) < 4.78 is 11.3. The monoisotopic (exact) mass is 498 g/mol. The van der Waals surface area contributed by atoms with Crippen LogP contribution in [0, 0.1) is 5.92 Å². The molecule has 1 fully saturated rings. The molecule has 0 spiro atoms. The van der Waals surface area contributed by atoms with E-state index in [1.165, 1.54) is 6.20 Å². The summed E-state index contributed by atoms with van der Waals surface area (Å²) in [6, 6.07) is 11.1. The number of nitrogens with two attached hydrogens (primary N) is 1. The number of piperidine rings is 1. The fraction of sp³-hybridized carbons (Fsp3) is 0.519. The van der Waals surface area contributed by atoms with E-state index >= 15 is 0 Å². The molecule has 1 saturated heterocycles. The summed E-state index contributed by atoms with van der Waals surface area (Å²) in [5, 5.41) is 13.1. The second-order valence-corrected chi connectivity index (χ2v) is 9.53. The number of carbonyl (C=O) groups is 2. The number of rotatable bonds is 11.